The summed E-state index contributed by atoms with van der Waals surface area (Å²) in [6.07, 6.45) is 7.99. The summed E-state index contributed by atoms with van der Waals surface area (Å²) >= 11 is 0. The monoisotopic (exact) mass is 220 g/mol. The number of benzene rings is 1. The maximum Gasteiger partial charge on any atom is 0.123 e. The first-order valence-electron chi connectivity index (χ1n) is 6.55. The molecule has 1 aliphatic carbocycles. The van der Waals surface area contributed by atoms with E-state index in [1.807, 2.05) is 12.1 Å². The summed E-state index contributed by atoms with van der Waals surface area (Å²) in [6, 6.07) is 7.10. The lowest BCUT2D eigenvalue weighted by atomic mass is 9.77. The van der Waals surface area contributed by atoms with Gasteiger partial charge in [-0.1, -0.05) is 31.9 Å². The summed E-state index contributed by atoms with van der Waals surface area (Å²) in [5.41, 5.74) is 1.33. The number of hydrogen-bond acceptors (Lipinski definition) is 0. The van der Waals surface area contributed by atoms with Gasteiger partial charge in [0.2, 0.25) is 0 Å². The molecule has 1 fully saturated rings. The summed E-state index contributed by atoms with van der Waals surface area (Å²) in [5.74, 6) is 1.50. The highest BCUT2D eigenvalue weighted by Gasteiger charge is 2.21. The fourth-order valence-corrected chi connectivity index (χ4v) is 2.93. The minimum absolute atomic E-state index is 0.122. The van der Waals surface area contributed by atoms with Crippen LogP contribution < -0.4 is 0 Å². The third-order valence-electron chi connectivity index (χ3n) is 3.89. The van der Waals surface area contributed by atoms with Crippen LogP contribution >= 0.6 is 0 Å². The summed E-state index contributed by atoms with van der Waals surface area (Å²) < 4.78 is 12.8. The van der Waals surface area contributed by atoms with Gasteiger partial charge in [-0.15, -0.1) is 0 Å². The molecule has 1 saturated carbocycles. The molecule has 0 aliphatic heterocycles. The zero-order chi connectivity index (χ0) is 11.4. The van der Waals surface area contributed by atoms with E-state index in [1.54, 1.807) is 12.1 Å². The molecule has 88 valence electrons. The molecule has 0 nitrogen and oxygen atoms in total. The van der Waals surface area contributed by atoms with Gasteiger partial charge in [0.1, 0.15) is 5.82 Å². The van der Waals surface area contributed by atoms with E-state index in [2.05, 4.69) is 6.92 Å². The van der Waals surface area contributed by atoms with Gasteiger partial charge < -0.3 is 0 Å². The van der Waals surface area contributed by atoms with Crippen LogP contribution in [0.2, 0.25) is 0 Å². The normalized spacial score (nSPS) is 25.6. The summed E-state index contributed by atoms with van der Waals surface area (Å²) in [4.78, 5) is 0. The summed E-state index contributed by atoms with van der Waals surface area (Å²) in [7, 11) is 0. The number of rotatable bonds is 3. The lowest BCUT2D eigenvalue weighted by molar-refractivity contribution is 0.308. The van der Waals surface area contributed by atoms with Gasteiger partial charge in [0.25, 0.3) is 0 Å². The Kier molecular flexibility index (Phi) is 3.98. The highest BCUT2D eigenvalue weighted by molar-refractivity contribution is 5.20. The van der Waals surface area contributed by atoms with Crippen LogP contribution in [-0.2, 0) is 0 Å². The van der Waals surface area contributed by atoms with Gasteiger partial charge in [0.15, 0.2) is 0 Å². The van der Waals surface area contributed by atoms with Crippen LogP contribution in [0.3, 0.4) is 0 Å². The van der Waals surface area contributed by atoms with Crippen LogP contribution in [0.4, 0.5) is 4.39 Å². The fourth-order valence-electron chi connectivity index (χ4n) is 2.93. The van der Waals surface area contributed by atoms with Crippen LogP contribution in [-0.4, -0.2) is 0 Å². The molecule has 16 heavy (non-hydrogen) atoms. The Labute approximate surface area is 97.9 Å². The molecular formula is C15H21F. The maximum atomic E-state index is 12.8. The van der Waals surface area contributed by atoms with Crippen molar-refractivity contribution in [2.24, 2.45) is 5.92 Å². The summed E-state index contributed by atoms with van der Waals surface area (Å²) in [5, 5.41) is 0. The average Bonchev–Trinajstić information content (AvgIpc) is 2.32. The van der Waals surface area contributed by atoms with Crippen LogP contribution in [0, 0.1) is 11.7 Å². The van der Waals surface area contributed by atoms with E-state index >= 15 is 0 Å². The van der Waals surface area contributed by atoms with E-state index < -0.39 is 0 Å². The molecule has 1 aromatic carbocycles. The first-order valence-corrected chi connectivity index (χ1v) is 6.55. The van der Waals surface area contributed by atoms with E-state index in [-0.39, 0.29) is 5.82 Å². The largest absolute Gasteiger partial charge is 0.207 e. The van der Waals surface area contributed by atoms with Crippen LogP contribution in [0.1, 0.15) is 56.9 Å². The van der Waals surface area contributed by atoms with Crippen LogP contribution in [0.5, 0.6) is 0 Å². The topological polar surface area (TPSA) is 0 Å². The summed E-state index contributed by atoms with van der Waals surface area (Å²) in [6.45, 7) is 2.27. The van der Waals surface area contributed by atoms with Crippen molar-refractivity contribution < 1.29 is 4.39 Å². The lowest BCUT2D eigenvalue weighted by Crippen LogP contribution is -2.13. The zero-order valence-electron chi connectivity index (χ0n) is 10.1. The second-order valence-electron chi connectivity index (χ2n) is 5.06. The smallest absolute Gasteiger partial charge is 0.123 e. The van der Waals surface area contributed by atoms with E-state index in [9.17, 15) is 4.39 Å². The second kappa shape index (κ2) is 5.47. The van der Waals surface area contributed by atoms with Crippen molar-refractivity contribution in [3.63, 3.8) is 0 Å². The van der Waals surface area contributed by atoms with Gasteiger partial charge in [-0.05, 0) is 55.2 Å². The lowest BCUT2D eigenvalue weighted by Gasteiger charge is -2.28. The average molecular weight is 220 g/mol. The van der Waals surface area contributed by atoms with E-state index in [1.165, 1.54) is 44.1 Å². The molecule has 0 radical (unpaired) electrons. The molecule has 0 atom stereocenters. The third-order valence-corrected chi connectivity index (χ3v) is 3.89. The van der Waals surface area contributed by atoms with Crippen molar-refractivity contribution in [2.45, 2.75) is 51.4 Å². The van der Waals surface area contributed by atoms with Gasteiger partial charge in [-0.3, -0.25) is 0 Å². The standard InChI is InChI=1S/C15H21F/c1-2-3-12-4-6-13(7-5-12)14-8-10-15(16)11-9-14/h8-13H,2-7H2,1H3. The maximum absolute atomic E-state index is 12.8. The SMILES string of the molecule is CCCC1CCC(c2ccc(F)cc2)CC1. The molecule has 0 amide bonds. The fraction of sp³-hybridized carbons (Fsp3) is 0.600. The van der Waals surface area contributed by atoms with E-state index in [0.29, 0.717) is 5.92 Å². The Hall–Kier alpha value is -0.850. The molecule has 1 aromatic rings. The van der Waals surface area contributed by atoms with Gasteiger partial charge >= 0.3 is 0 Å². The second-order valence-corrected chi connectivity index (χ2v) is 5.06. The molecule has 0 unspecified atom stereocenters. The Morgan fingerprint density at radius 3 is 2.25 bits per heavy atom. The van der Waals surface area contributed by atoms with Gasteiger partial charge in [0, 0.05) is 0 Å². The third kappa shape index (κ3) is 2.84. The predicted molar refractivity (Wildman–Crippen MR) is 66.0 cm³/mol. The van der Waals surface area contributed by atoms with Gasteiger partial charge in [0.05, 0.1) is 0 Å². The van der Waals surface area contributed by atoms with Crippen LogP contribution in [0.15, 0.2) is 24.3 Å². The van der Waals surface area contributed by atoms with Crippen molar-refractivity contribution in [1.29, 1.82) is 0 Å². The molecular weight excluding hydrogens is 199 g/mol. The minimum atomic E-state index is -0.122. The molecule has 0 N–H and O–H groups in total. The Morgan fingerprint density at radius 2 is 1.69 bits per heavy atom. The molecule has 1 heteroatoms. The molecule has 1 aliphatic rings. The molecule has 0 saturated heterocycles. The number of hydrogen-bond donors (Lipinski definition) is 0. The first-order chi connectivity index (χ1) is 7.79. The van der Waals surface area contributed by atoms with Crippen molar-refractivity contribution in [3.05, 3.63) is 35.6 Å². The zero-order valence-corrected chi connectivity index (χ0v) is 10.1. The van der Waals surface area contributed by atoms with E-state index in [0.717, 1.165) is 5.92 Å². The minimum Gasteiger partial charge on any atom is -0.207 e. The molecule has 0 heterocycles. The van der Waals surface area contributed by atoms with Crippen molar-refractivity contribution >= 4 is 0 Å². The van der Waals surface area contributed by atoms with Crippen molar-refractivity contribution in [2.75, 3.05) is 0 Å². The first kappa shape index (κ1) is 11.6. The van der Waals surface area contributed by atoms with E-state index in [4.69, 9.17) is 0 Å². The van der Waals surface area contributed by atoms with Crippen LogP contribution in [0.25, 0.3) is 0 Å². The quantitative estimate of drug-likeness (QED) is 0.679. The molecule has 2 rings (SSSR count). The molecule has 0 spiro atoms. The highest BCUT2D eigenvalue weighted by Crippen LogP contribution is 2.37. The van der Waals surface area contributed by atoms with Crippen molar-refractivity contribution in [1.82, 2.24) is 0 Å². The Bertz CT molecular complexity index is 307. The highest BCUT2D eigenvalue weighted by atomic mass is 19.1. The number of halogens is 1. The Morgan fingerprint density at radius 1 is 1.06 bits per heavy atom. The van der Waals surface area contributed by atoms with Gasteiger partial charge in [-0.2, -0.15) is 0 Å². The van der Waals surface area contributed by atoms with Gasteiger partial charge in [-0.25, -0.2) is 4.39 Å². The van der Waals surface area contributed by atoms with Crippen molar-refractivity contribution in [3.8, 4) is 0 Å². The molecule has 0 bridgehead atoms. The molecule has 0 aromatic heterocycles. The Balaban J connectivity index is 1.91. The predicted octanol–water partition coefficient (Wildman–Crippen LogP) is 4.90.